The van der Waals surface area contributed by atoms with Crippen molar-refractivity contribution in [2.75, 3.05) is 19.5 Å². The number of methoxy groups -OCH3 is 2. The van der Waals surface area contributed by atoms with Crippen molar-refractivity contribution in [2.24, 2.45) is 0 Å². The van der Waals surface area contributed by atoms with E-state index in [0.717, 1.165) is 28.0 Å². The van der Waals surface area contributed by atoms with E-state index in [4.69, 9.17) is 9.47 Å². The van der Waals surface area contributed by atoms with E-state index in [1.807, 2.05) is 25.1 Å². The van der Waals surface area contributed by atoms with E-state index in [-0.39, 0.29) is 0 Å². The third-order valence-electron chi connectivity index (χ3n) is 2.45. The molecular formula is C12H15N3O2S. The summed E-state index contributed by atoms with van der Waals surface area (Å²) in [6, 6.07) is 5.74. The molecule has 2 aromatic rings. The zero-order valence-corrected chi connectivity index (χ0v) is 11.4. The maximum absolute atomic E-state index is 5.33. The van der Waals surface area contributed by atoms with Gasteiger partial charge in [0.2, 0.25) is 5.13 Å². The molecule has 1 aromatic heterocycles. The van der Waals surface area contributed by atoms with Crippen LogP contribution in [0.15, 0.2) is 18.2 Å². The van der Waals surface area contributed by atoms with Crippen molar-refractivity contribution >= 4 is 16.7 Å². The molecule has 0 atom stereocenters. The van der Waals surface area contributed by atoms with Gasteiger partial charge >= 0.3 is 0 Å². The molecule has 0 fully saturated rings. The van der Waals surface area contributed by atoms with Crippen LogP contribution in [0.4, 0.5) is 5.13 Å². The van der Waals surface area contributed by atoms with Crippen LogP contribution in [0, 0.1) is 6.92 Å². The second-order valence-electron chi connectivity index (χ2n) is 3.68. The number of aromatic nitrogens is 2. The highest BCUT2D eigenvalue weighted by Gasteiger charge is 2.06. The second kappa shape index (κ2) is 5.68. The lowest BCUT2D eigenvalue weighted by molar-refractivity contribution is 0.391. The minimum absolute atomic E-state index is 0.641. The Bertz CT molecular complexity index is 528. The Balaban J connectivity index is 2.08. The molecule has 1 aromatic carbocycles. The molecule has 2 rings (SSSR count). The van der Waals surface area contributed by atoms with Crippen LogP contribution >= 0.6 is 11.5 Å². The Labute approximate surface area is 110 Å². The number of anilines is 1. The summed E-state index contributed by atoms with van der Waals surface area (Å²) in [5.74, 6) is 2.36. The average Bonchev–Trinajstić information content (AvgIpc) is 2.82. The number of rotatable bonds is 5. The smallest absolute Gasteiger partial charge is 0.202 e. The van der Waals surface area contributed by atoms with Gasteiger partial charge in [-0.25, -0.2) is 4.98 Å². The standard InChI is InChI=1S/C12H15N3O2S/c1-8-14-12(18-15-8)13-7-9-4-5-10(16-2)6-11(9)17-3/h4-6H,7H2,1-3H3,(H,13,14,15). The highest BCUT2D eigenvalue weighted by molar-refractivity contribution is 7.09. The molecule has 96 valence electrons. The Morgan fingerprint density at radius 3 is 2.72 bits per heavy atom. The molecule has 0 unspecified atom stereocenters. The minimum Gasteiger partial charge on any atom is -0.497 e. The van der Waals surface area contributed by atoms with Gasteiger partial charge in [-0.2, -0.15) is 4.37 Å². The topological polar surface area (TPSA) is 56.3 Å². The Hall–Kier alpha value is -1.82. The van der Waals surface area contributed by atoms with Gasteiger partial charge in [0.25, 0.3) is 0 Å². The number of ether oxygens (including phenoxy) is 2. The van der Waals surface area contributed by atoms with E-state index in [2.05, 4.69) is 14.7 Å². The molecular weight excluding hydrogens is 250 g/mol. The van der Waals surface area contributed by atoms with Gasteiger partial charge in [0, 0.05) is 29.7 Å². The summed E-state index contributed by atoms with van der Waals surface area (Å²) >= 11 is 1.35. The van der Waals surface area contributed by atoms with E-state index in [1.54, 1.807) is 14.2 Å². The number of nitrogens with one attached hydrogen (secondary N) is 1. The van der Waals surface area contributed by atoms with Crippen molar-refractivity contribution in [3.8, 4) is 11.5 Å². The molecule has 0 amide bonds. The van der Waals surface area contributed by atoms with Crippen LogP contribution in [0.1, 0.15) is 11.4 Å². The van der Waals surface area contributed by atoms with E-state index in [0.29, 0.717) is 6.54 Å². The molecule has 6 heteroatoms. The lowest BCUT2D eigenvalue weighted by Crippen LogP contribution is -2.01. The predicted molar refractivity (Wildman–Crippen MR) is 71.5 cm³/mol. The summed E-state index contributed by atoms with van der Waals surface area (Å²) in [5, 5.41) is 4.03. The van der Waals surface area contributed by atoms with Gasteiger partial charge in [-0.1, -0.05) is 0 Å². The van der Waals surface area contributed by atoms with Crippen LogP contribution in [0.25, 0.3) is 0 Å². The van der Waals surface area contributed by atoms with Gasteiger partial charge < -0.3 is 14.8 Å². The first kappa shape index (κ1) is 12.6. The minimum atomic E-state index is 0.641. The molecule has 1 N–H and O–H groups in total. The zero-order valence-electron chi connectivity index (χ0n) is 10.6. The molecule has 0 aliphatic rings. The van der Waals surface area contributed by atoms with Crippen LogP contribution in [-0.4, -0.2) is 23.6 Å². The molecule has 5 nitrogen and oxygen atoms in total. The molecule has 0 radical (unpaired) electrons. The third-order valence-corrected chi connectivity index (χ3v) is 3.22. The lowest BCUT2D eigenvalue weighted by Gasteiger charge is -2.10. The van der Waals surface area contributed by atoms with Crippen molar-refractivity contribution in [1.29, 1.82) is 0 Å². The largest absolute Gasteiger partial charge is 0.497 e. The van der Waals surface area contributed by atoms with Gasteiger partial charge in [-0.15, -0.1) is 0 Å². The monoisotopic (exact) mass is 265 g/mol. The van der Waals surface area contributed by atoms with Crippen LogP contribution in [0.5, 0.6) is 11.5 Å². The van der Waals surface area contributed by atoms with Gasteiger partial charge in [0.1, 0.15) is 17.3 Å². The molecule has 0 saturated carbocycles. The summed E-state index contributed by atoms with van der Waals surface area (Å²) < 4.78 is 14.6. The summed E-state index contributed by atoms with van der Waals surface area (Å²) in [6.45, 7) is 2.51. The number of hydrogen-bond acceptors (Lipinski definition) is 6. The predicted octanol–water partition coefficient (Wildman–Crippen LogP) is 2.48. The fourth-order valence-corrected chi connectivity index (χ4v) is 2.11. The molecule has 0 spiro atoms. The van der Waals surface area contributed by atoms with Crippen molar-refractivity contribution in [2.45, 2.75) is 13.5 Å². The van der Waals surface area contributed by atoms with Crippen molar-refractivity contribution in [3.63, 3.8) is 0 Å². The van der Waals surface area contributed by atoms with Crippen LogP contribution < -0.4 is 14.8 Å². The highest BCUT2D eigenvalue weighted by Crippen LogP contribution is 2.25. The van der Waals surface area contributed by atoms with Crippen LogP contribution in [0.3, 0.4) is 0 Å². The highest BCUT2D eigenvalue weighted by atomic mass is 32.1. The van der Waals surface area contributed by atoms with E-state index in [9.17, 15) is 0 Å². The maximum atomic E-state index is 5.33. The second-order valence-corrected chi connectivity index (χ2v) is 4.43. The Morgan fingerprint density at radius 1 is 1.28 bits per heavy atom. The number of aryl methyl sites for hydroxylation is 1. The first-order valence-electron chi connectivity index (χ1n) is 5.48. The van der Waals surface area contributed by atoms with Gasteiger partial charge in [0.05, 0.1) is 14.2 Å². The van der Waals surface area contributed by atoms with Crippen LogP contribution in [0.2, 0.25) is 0 Å². The number of nitrogens with zero attached hydrogens (tertiary/aromatic N) is 2. The zero-order chi connectivity index (χ0) is 13.0. The van der Waals surface area contributed by atoms with Crippen molar-refractivity contribution < 1.29 is 9.47 Å². The van der Waals surface area contributed by atoms with Crippen LogP contribution in [-0.2, 0) is 6.54 Å². The fourth-order valence-electron chi connectivity index (χ4n) is 1.54. The summed E-state index contributed by atoms with van der Waals surface area (Å²) in [6.07, 6.45) is 0. The fraction of sp³-hybridized carbons (Fsp3) is 0.333. The Morgan fingerprint density at radius 2 is 2.11 bits per heavy atom. The molecule has 18 heavy (non-hydrogen) atoms. The average molecular weight is 265 g/mol. The molecule has 1 heterocycles. The summed E-state index contributed by atoms with van der Waals surface area (Å²) in [5.41, 5.74) is 1.05. The number of benzene rings is 1. The number of hydrogen-bond donors (Lipinski definition) is 1. The molecule has 0 aliphatic heterocycles. The normalized spacial score (nSPS) is 10.2. The quantitative estimate of drug-likeness (QED) is 0.900. The van der Waals surface area contributed by atoms with Crippen molar-refractivity contribution in [3.05, 3.63) is 29.6 Å². The Kier molecular flexibility index (Phi) is 3.99. The van der Waals surface area contributed by atoms with E-state index >= 15 is 0 Å². The lowest BCUT2D eigenvalue weighted by atomic mass is 10.2. The summed E-state index contributed by atoms with van der Waals surface area (Å²) in [7, 11) is 3.28. The molecule has 0 aliphatic carbocycles. The van der Waals surface area contributed by atoms with Gasteiger partial charge in [-0.3, -0.25) is 0 Å². The SMILES string of the molecule is COc1ccc(CNc2nc(C)ns2)c(OC)c1. The third kappa shape index (κ3) is 2.89. The van der Waals surface area contributed by atoms with E-state index < -0.39 is 0 Å². The van der Waals surface area contributed by atoms with Gasteiger partial charge in [0.15, 0.2) is 0 Å². The molecule has 0 bridgehead atoms. The first-order valence-corrected chi connectivity index (χ1v) is 6.25. The van der Waals surface area contributed by atoms with Gasteiger partial charge in [-0.05, 0) is 19.1 Å². The molecule has 0 saturated heterocycles. The summed E-state index contributed by atoms with van der Waals surface area (Å²) in [4.78, 5) is 4.25. The van der Waals surface area contributed by atoms with Crippen molar-refractivity contribution in [1.82, 2.24) is 9.36 Å². The van der Waals surface area contributed by atoms with E-state index in [1.165, 1.54) is 11.5 Å². The first-order chi connectivity index (χ1) is 8.72. The maximum Gasteiger partial charge on any atom is 0.202 e.